The minimum atomic E-state index is -0.0129. The van der Waals surface area contributed by atoms with Crippen LogP contribution < -0.4 is 0 Å². The molecule has 152 valence electrons. The van der Waals surface area contributed by atoms with Gasteiger partial charge in [0, 0.05) is 10.8 Å². The number of aryl methyl sites for hydroxylation is 1. The highest BCUT2D eigenvalue weighted by Crippen LogP contribution is 2.36. The van der Waals surface area contributed by atoms with Crippen molar-refractivity contribution in [2.45, 2.75) is 71.6 Å². The van der Waals surface area contributed by atoms with Crippen LogP contribution in [-0.4, -0.2) is 0 Å². The molecule has 0 N–H and O–H groups in total. The van der Waals surface area contributed by atoms with Gasteiger partial charge in [-0.1, -0.05) is 121 Å². The maximum atomic E-state index is 2.32. The molecule has 0 bridgehead atoms. The average molecular weight is 385 g/mol. The van der Waals surface area contributed by atoms with Gasteiger partial charge in [-0.25, -0.2) is 0 Å². The lowest BCUT2D eigenvalue weighted by Gasteiger charge is -2.30. The van der Waals surface area contributed by atoms with E-state index in [1.807, 2.05) is 0 Å². The van der Waals surface area contributed by atoms with E-state index in [-0.39, 0.29) is 10.8 Å². The molecule has 3 aromatic carbocycles. The van der Waals surface area contributed by atoms with Gasteiger partial charge in [0.2, 0.25) is 0 Å². The second-order valence-electron chi connectivity index (χ2n) is 9.65. The molecule has 0 spiro atoms. The summed E-state index contributed by atoms with van der Waals surface area (Å²) < 4.78 is 0. The van der Waals surface area contributed by atoms with Crippen molar-refractivity contribution in [1.29, 1.82) is 0 Å². The third kappa shape index (κ3) is 4.32. The van der Waals surface area contributed by atoms with Crippen molar-refractivity contribution < 1.29 is 0 Å². The third-order valence-corrected chi connectivity index (χ3v) is 6.71. The molecule has 0 aliphatic heterocycles. The fourth-order valence-electron chi connectivity index (χ4n) is 4.08. The Labute approximate surface area is 178 Å². The Morgan fingerprint density at radius 2 is 0.862 bits per heavy atom. The maximum Gasteiger partial charge on any atom is 0.0146 e. The zero-order valence-corrected chi connectivity index (χ0v) is 19.2. The predicted octanol–water partition coefficient (Wildman–Crippen LogP) is 8.02. The minimum absolute atomic E-state index is 0.00609. The van der Waals surface area contributed by atoms with E-state index < -0.39 is 0 Å². The Morgan fingerprint density at radius 1 is 0.552 bits per heavy atom. The topological polar surface area (TPSA) is 0 Å². The number of rotatable bonds is 6. The molecule has 0 amide bonds. The van der Waals surface area contributed by atoms with Crippen molar-refractivity contribution in [2.75, 3.05) is 0 Å². The number of hydrogen-bond donors (Lipinski definition) is 0. The summed E-state index contributed by atoms with van der Waals surface area (Å²) in [5.41, 5.74) is 8.22. The zero-order chi connectivity index (χ0) is 21.2. The van der Waals surface area contributed by atoms with E-state index in [1.165, 1.54) is 33.4 Å². The summed E-state index contributed by atoms with van der Waals surface area (Å²) in [5.74, 6) is 0.570. The molecular weight excluding hydrogens is 348 g/mol. The number of hydrogen-bond acceptors (Lipinski definition) is 0. The molecule has 0 fully saturated rings. The van der Waals surface area contributed by atoms with Crippen LogP contribution in [0.25, 0.3) is 0 Å². The monoisotopic (exact) mass is 384 g/mol. The Hall–Kier alpha value is -2.34. The van der Waals surface area contributed by atoms with E-state index in [0.717, 1.165) is 6.42 Å². The molecule has 29 heavy (non-hydrogen) atoms. The Balaban J connectivity index is 1.87. The highest BCUT2D eigenvalue weighted by atomic mass is 14.3. The summed E-state index contributed by atoms with van der Waals surface area (Å²) in [6, 6.07) is 27.5. The first-order chi connectivity index (χ1) is 13.7. The molecule has 0 aromatic heterocycles. The summed E-state index contributed by atoms with van der Waals surface area (Å²) >= 11 is 0. The highest BCUT2D eigenvalue weighted by molar-refractivity contribution is 5.44. The minimum Gasteiger partial charge on any atom is -0.0613 e. The highest BCUT2D eigenvalue weighted by Gasteiger charge is 2.26. The van der Waals surface area contributed by atoms with E-state index in [4.69, 9.17) is 0 Å². The lowest BCUT2D eigenvalue weighted by Crippen LogP contribution is -2.21. The first-order valence-corrected chi connectivity index (χ1v) is 11.0. The van der Waals surface area contributed by atoms with E-state index in [2.05, 4.69) is 121 Å². The van der Waals surface area contributed by atoms with Crippen LogP contribution in [0, 0.1) is 0 Å². The molecule has 0 radical (unpaired) electrons. The van der Waals surface area contributed by atoms with Crippen molar-refractivity contribution in [3.8, 4) is 0 Å². The summed E-state index contributed by atoms with van der Waals surface area (Å²) in [4.78, 5) is 0. The van der Waals surface area contributed by atoms with E-state index in [9.17, 15) is 0 Å². The smallest absolute Gasteiger partial charge is 0.0146 e. The predicted molar refractivity (Wildman–Crippen MR) is 127 cm³/mol. The van der Waals surface area contributed by atoms with Crippen molar-refractivity contribution >= 4 is 0 Å². The first-order valence-electron chi connectivity index (χ1n) is 11.0. The molecule has 0 heteroatoms. The molecule has 0 saturated carbocycles. The van der Waals surface area contributed by atoms with Crippen molar-refractivity contribution in [2.24, 2.45) is 0 Å². The molecule has 3 rings (SSSR count). The lowest BCUT2D eigenvalue weighted by atomic mass is 9.74. The van der Waals surface area contributed by atoms with Crippen LogP contribution in [0.5, 0.6) is 0 Å². The van der Waals surface area contributed by atoms with Crippen molar-refractivity contribution in [1.82, 2.24) is 0 Å². The van der Waals surface area contributed by atoms with Gasteiger partial charge in [-0.2, -0.15) is 0 Å². The SMILES string of the molecule is CCc1ccc(C(C)(C)c2ccc(C(C)(C)c3ccc(C(C)C)cc3)cc2)cc1. The number of benzene rings is 3. The molecule has 0 aliphatic rings. The Kier molecular flexibility index (Phi) is 6.03. The Morgan fingerprint density at radius 3 is 1.17 bits per heavy atom. The maximum absolute atomic E-state index is 2.32. The van der Waals surface area contributed by atoms with Gasteiger partial charge >= 0.3 is 0 Å². The van der Waals surface area contributed by atoms with E-state index in [0.29, 0.717) is 5.92 Å². The standard InChI is InChI=1S/C29H36/c1-8-22-9-13-24(14-10-22)28(4,5)26-17-19-27(20-18-26)29(6,7)25-15-11-23(12-16-25)21(2)3/h9-21H,8H2,1-7H3. The summed E-state index contributed by atoms with van der Waals surface area (Å²) in [7, 11) is 0. The van der Waals surface area contributed by atoms with Crippen LogP contribution in [0.15, 0.2) is 72.8 Å². The largest absolute Gasteiger partial charge is 0.0613 e. The normalized spacial score (nSPS) is 12.4. The van der Waals surface area contributed by atoms with Gasteiger partial charge in [-0.15, -0.1) is 0 Å². The van der Waals surface area contributed by atoms with E-state index >= 15 is 0 Å². The first kappa shape index (κ1) is 21.4. The summed E-state index contributed by atoms with van der Waals surface area (Å²) in [5, 5.41) is 0. The van der Waals surface area contributed by atoms with Gasteiger partial charge in [0.15, 0.2) is 0 Å². The van der Waals surface area contributed by atoms with Gasteiger partial charge in [-0.05, 0) is 45.7 Å². The molecule has 0 heterocycles. The second kappa shape index (κ2) is 8.19. The summed E-state index contributed by atoms with van der Waals surface area (Å²) in [6.07, 6.45) is 1.09. The quantitative estimate of drug-likeness (QED) is 0.403. The van der Waals surface area contributed by atoms with Crippen molar-refractivity contribution in [3.05, 3.63) is 106 Å². The van der Waals surface area contributed by atoms with Crippen LogP contribution in [-0.2, 0) is 17.3 Å². The molecule has 0 aliphatic carbocycles. The Bertz CT molecular complexity index is 921. The van der Waals surface area contributed by atoms with Gasteiger partial charge < -0.3 is 0 Å². The lowest BCUT2D eigenvalue weighted by molar-refractivity contribution is 0.626. The fraction of sp³-hybridized carbons (Fsp3) is 0.379. The van der Waals surface area contributed by atoms with Crippen LogP contribution in [0.4, 0.5) is 0 Å². The molecule has 0 unspecified atom stereocenters. The molecule has 0 nitrogen and oxygen atoms in total. The van der Waals surface area contributed by atoms with Crippen LogP contribution in [0.2, 0.25) is 0 Å². The molecule has 3 aromatic rings. The molecular formula is C29H36. The molecule has 0 atom stereocenters. The van der Waals surface area contributed by atoms with Gasteiger partial charge in [-0.3, -0.25) is 0 Å². The summed E-state index contributed by atoms with van der Waals surface area (Å²) in [6.45, 7) is 16.0. The van der Waals surface area contributed by atoms with Gasteiger partial charge in [0.25, 0.3) is 0 Å². The fourth-order valence-corrected chi connectivity index (χ4v) is 4.08. The van der Waals surface area contributed by atoms with Crippen LogP contribution in [0.3, 0.4) is 0 Å². The molecule has 0 saturated heterocycles. The van der Waals surface area contributed by atoms with Crippen LogP contribution in [0.1, 0.15) is 87.8 Å². The van der Waals surface area contributed by atoms with E-state index in [1.54, 1.807) is 0 Å². The van der Waals surface area contributed by atoms with Crippen molar-refractivity contribution in [3.63, 3.8) is 0 Å². The van der Waals surface area contributed by atoms with Crippen LogP contribution >= 0.6 is 0 Å². The average Bonchev–Trinajstić information content (AvgIpc) is 2.74. The van der Waals surface area contributed by atoms with Gasteiger partial charge in [0.1, 0.15) is 0 Å². The zero-order valence-electron chi connectivity index (χ0n) is 19.2. The van der Waals surface area contributed by atoms with Gasteiger partial charge in [0.05, 0.1) is 0 Å². The third-order valence-electron chi connectivity index (χ3n) is 6.71. The second-order valence-corrected chi connectivity index (χ2v) is 9.65.